The van der Waals surface area contributed by atoms with E-state index in [1.165, 1.54) is 12.1 Å². The van der Waals surface area contributed by atoms with Gasteiger partial charge in [-0.1, -0.05) is 19.1 Å². The third-order valence-electron chi connectivity index (χ3n) is 3.04. The lowest BCUT2D eigenvalue weighted by Crippen LogP contribution is -2.38. The quantitative estimate of drug-likeness (QED) is 0.723. The molecule has 23 heavy (non-hydrogen) atoms. The van der Waals surface area contributed by atoms with Gasteiger partial charge in [0.1, 0.15) is 0 Å². The molecule has 2 atom stereocenters. The van der Waals surface area contributed by atoms with Crippen molar-refractivity contribution in [2.75, 3.05) is 11.9 Å². The minimum Gasteiger partial charge on any atom is -0.393 e. The van der Waals surface area contributed by atoms with Gasteiger partial charge in [0.05, 0.1) is 17.4 Å². The van der Waals surface area contributed by atoms with Gasteiger partial charge in [0.25, 0.3) is 0 Å². The van der Waals surface area contributed by atoms with Crippen LogP contribution in [-0.4, -0.2) is 29.6 Å². The Morgan fingerprint density at radius 2 is 1.78 bits per heavy atom. The summed E-state index contributed by atoms with van der Waals surface area (Å²) in [6, 6.07) is 4.41. The molecule has 5 nitrogen and oxygen atoms in total. The van der Waals surface area contributed by atoms with Gasteiger partial charge in [0.15, 0.2) is 0 Å². The molecule has 2 amide bonds. The second kappa shape index (κ2) is 7.96. The maximum Gasteiger partial charge on any atom is 0.418 e. The lowest BCUT2D eigenvalue weighted by atomic mass is 10.0. The van der Waals surface area contributed by atoms with E-state index in [0.29, 0.717) is 6.42 Å². The summed E-state index contributed by atoms with van der Waals surface area (Å²) >= 11 is 0. The average molecular weight is 332 g/mol. The van der Waals surface area contributed by atoms with Crippen molar-refractivity contribution in [2.45, 2.75) is 32.5 Å². The van der Waals surface area contributed by atoms with Crippen LogP contribution in [-0.2, 0) is 15.8 Å². The van der Waals surface area contributed by atoms with Crippen LogP contribution in [0.15, 0.2) is 24.3 Å². The highest BCUT2D eigenvalue weighted by Crippen LogP contribution is 2.34. The zero-order valence-electron chi connectivity index (χ0n) is 12.8. The smallest absolute Gasteiger partial charge is 0.393 e. The Morgan fingerprint density at radius 1 is 1.17 bits per heavy atom. The fraction of sp³-hybridized carbons (Fsp3) is 0.467. The zero-order valence-corrected chi connectivity index (χ0v) is 12.8. The second-order valence-corrected chi connectivity index (χ2v) is 5.40. The second-order valence-electron chi connectivity index (χ2n) is 5.40. The number of benzene rings is 1. The fourth-order valence-corrected chi connectivity index (χ4v) is 2.03. The molecule has 1 aromatic carbocycles. The number of aliphatic hydroxyl groups is 1. The predicted molar refractivity (Wildman–Crippen MR) is 78.5 cm³/mol. The summed E-state index contributed by atoms with van der Waals surface area (Å²) in [5.74, 6) is -2.28. The van der Waals surface area contributed by atoms with Crippen molar-refractivity contribution in [1.29, 1.82) is 0 Å². The van der Waals surface area contributed by atoms with Crippen molar-refractivity contribution in [1.82, 2.24) is 5.32 Å². The number of alkyl halides is 3. The molecule has 0 spiro atoms. The first-order valence-corrected chi connectivity index (χ1v) is 7.04. The number of anilines is 1. The standard InChI is InChI=1S/C15H19F3N2O3/c1-9(7-10(2)21)8-19-13(22)14(23)20-12-6-4-3-5-11(12)15(16,17)18/h3-6,9-10,21H,7-8H2,1-2H3,(H,19,22)(H,20,23). The minimum atomic E-state index is -4.63. The number of hydrogen-bond acceptors (Lipinski definition) is 3. The number of halogens is 3. The third-order valence-corrected chi connectivity index (χ3v) is 3.04. The molecule has 8 heteroatoms. The number of carbonyl (C=O) groups excluding carboxylic acids is 2. The molecule has 2 unspecified atom stereocenters. The van der Waals surface area contributed by atoms with Crippen molar-refractivity contribution < 1.29 is 27.9 Å². The highest BCUT2D eigenvalue weighted by Gasteiger charge is 2.34. The SMILES string of the molecule is CC(O)CC(C)CNC(=O)C(=O)Nc1ccccc1C(F)(F)F. The van der Waals surface area contributed by atoms with Crippen molar-refractivity contribution in [2.24, 2.45) is 5.92 Å². The van der Waals surface area contributed by atoms with Crippen LogP contribution >= 0.6 is 0 Å². The number of aliphatic hydroxyl groups excluding tert-OH is 1. The van der Waals surface area contributed by atoms with E-state index < -0.39 is 35.3 Å². The van der Waals surface area contributed by atoms with E-state index in [2.05, 4.69) is 5.32 Å². The zero-order chi connectivity index (χ0) is 17.6. The number of nitrogens with one attached hydrogen (secondary N) is 2. The maximum absolute atomic E-state index is 12.8. The molecule has 0 radical (unpaired) electrons. The largest absolute Gasteiger partial charge is 0.418 e. The third kappa shape index (κ3) is 6.27. The minimum absolute atomic E-state index is 0.0748. The molecule has 128 valence electrons. The number of rotatable bonds is 5. The lowest BCUT2D eigenvalue weighted by molar-refractivity contribution is -0.138. The van der Waals surface area contributed by atoms with E-state index in [1.54, 1.807) is 13.8 Å². The Kier molecular flexibility index (Phi) is 6.56. The molecule has 0 saturated heterocycles. The Hall–Kier alpha value is -2.09. The molecule has 0 heterocycles. The molecule has 3 N–H and O–H groups in total. The highest BCUT2D eigenvalue weighted by molar-refractivity contribution is 6.39. The lowest BCUT2D eigenvalue weighted by Gasteiger charge is -2.15. The summed E-state index contributed by atoms with van der Waals surface area (Å²) in [5, 5.41) is 13.5. The number of hydrogen-bond donors (Lipinski definition) is 3. The first kappa shape index (κ1) is 19.0. The first-order valence-electron chi connectivity index (χ1n) is 7.04. The summed E-state index contributed by atoms with van der Waals surface area (Å²) in [6.07, 6.45) is -4.75. The molecule has 0 fully saturated rings. The van der Waals surface area contributed by atoms with E-state index in [9.17, 15) is 27.9 Å². The van der Waals surface area contributed by atoms with Crippen LogP contribution in [0.5, 0.6) is 0 Å². The molecule has 0 aromatic heterocycles. The van der Waals surface area contributed by atoms with Crippen LogP contribution in [0.3, 0.4) is 0 Å². The van der Waals surface area contributed by atoms with Crippen molar-refractivity contribution in [3.05, 3.63) is 29.8 Å². The molecule has 1 aromatic rings. The van der Waals surface area contributed by atoms with Crippen molar-refractivity contribution in [3.8, 4) is 0 Å². The fourth-order valence-electron chi connectivity index (χ4n) is 2.03. The Labute approximate surface area is 131 Å². The monoisotopic (exact) mass is 332 g/mol. The van der Waals surface area contributed by atoms with Gasteiger partial charge >= 0.3 is 18.0 Å². The normalized spacial score (nSPS) is 14.0. The number of para-hydroxylation sites is 1. The topological polar surface area (TPSA) is 78.4 Å². The van der Waals surface area contributed by atoms with Crippen LogP contribution in [0.25, 0.3) is 0 Å². The first-order chi connectivity index (χ1) is 10.6. The van der Waals surface area contributed by atoms with Crippen LogP contribution < -0.4 is 10.6 Å². The molecule has 0 saturated carbocycles. The molecule has 0 aliphatic rings. The van der Waals surface area contributed by atoms with Crippen LogP contribution in [0.4, 0.5) is 18.9 Å². The molecule has 0 aliphatic heterocycles. The molecule has 1 rings (SSSR count). The molecule has 0 aliphatic carbocycles. The summed E-state index contributed by atoms with van der Waals surface area (Å²) in [6.45, 7) is 3.50. The summed E-state index contributed by atoms with van der Waals surface area (Å²) in [5.41, 5.74) is -1.50. The summed E-state index contributed by atoms with van der Waals surface area (Å²) < 4.78 is 38.4. The van der Waals surface area contributed by atoms with Crippen molar-refractivity contribution >= 4 is 17.5 Å². The van der Waals surface area contributed by atoms with Gasteiger partial charge in [-0.25, -0.2) is 0 Å². The van der Waals surface area contributed by atoms with E-state index in [-0.39, 0.29) is 12.5 Å². The summed E-state index contributed by atoms with van der Waals surface area (Å²) in [7, 11) is 0. The predicted octanol–water partition coefficient (Wildman–Crippen LogP) is 2.17. The van der Waals surface area contributed by atoms with Gasteiger partial charge in [-0.2, -0.15) is 13.2 Å². The Balaban J connectivity index is 2.65. The van der Waals surface area contributed by atoms with Crippen molar-refractivity contribution in [3.63, 3.8) is 0 Å². The van der Waals surface area contributed by atoms with Crippen LogP contribution in [0.1, 0.15) is 25.8 Å². The van der Waals surface area contributed by atoms with E-state index in [4.69, 9.17) is 0 Å². The van der Waals surface area contributed by atoms with E-state index >= 15 is 0 Å². The van der Waals surface area contributed by atoms with Gasteiger partial charge in [0, 0.05) is 6.54 Å². The highest BCUT2D eigenvalue weighted by atomic mass is 19.4. The van der Waals surface area contributed by atoms with Gasteiger partial charge in [-0.15, -0.1) is 0 Å². The number of carbonyl (C=O) groups is 2. The van der Waals surface area contributed by atoms with Gasteiger partial charge < -0.3 is 15.7 Å². The molecular formula is C15H19F3N2O3. The van der Waals surface area contributed by atoms with Crippen LogP contribution in [0, 0.1) is 5.92 Å². The van der Waals surface area contributed by atoms with E-state index in [0.717, 1.165) is 12.1 Å². The van der Waals surface area contributed by atoms with Crippen LogP contribution in [0.2, 0.25) is 0 Å². The average Bonchev–Trinajstić information content (AvgIpc) is 2.43. The molecule has 0 bridgehead atoms. The Bertz CT molecular complexity index is 559. The summed E-state index contributed by atoms with van der Waals surface area (Å²) in [4.78, 5) is 23.3. The molecular weight excluding hydrogens is 313 g/mol. The number of amides is 2. The Morgan fingerprint density at radius 3 is 2.35 bits per heavy atom. The van der Waals surface area contributed by atoms with E-state index in [1.807, 2.05) is 5.32 Å². The maximum atomic E-state index is 12.8. The van der Waals surface area contributed by atoms with Gasteiger partial charge in [0.2, 0.25) is 0 Å². The van der Waals surface area contributed by atoms with Gasteiger partial charge in [-0.05, 0) is 31.4 Å². The van der Waals surface area contributed by atoms with Gasteiger partial charge in [-0.3, -0.25) is 9.59 Å².